The van der Waals surface area contributed by atoms with Gasteiger partial charge in [0.1, 0.15) is 5.82 Å². The second kappa shape index (κ2) is 6.16. The lowest BCUT2D eigenvalue weighted by atomic mass is 9.84. The molecule has 110 valence electrons. The quantitative estimate of drug-likeness (QED) is 0.921. The maximum absolute atomic E-state index is 13.4. The lowest BCUT2D eigenvalue weighted by Gasteiger charge is -2.29. The highest BCUT2D eigenvalue weighted by atomic mass is 19.1. The van der Waals surface area contributed by atoms with Crippen LogP contribution in [0.1, 0.15) is 38.8 Å². The minimum Gasteiger partial charge on any atom is -0.345 e. The number of carbonyl (C=O) groups is 2. The Bertz CT molecular complexity index is 518. The van der Waals surface area contributed by atoms with Crippen LogP contribution in [0.3, 0.4) is 0 Å². The fourth-order valence-corrected chi connectivity index (χ4v) is 2.07. The number of amides is 1. The van der Waals surface area contributed by atoms with Crippen LogP contribution in [0, 0.1) is 18.2 Å². The molecule has 0 saturated heterocycles. The second-order valence-corrected chi connectivity index (χ2v) is 6.24. The first kappa shape index (κ1) is 16.3. The minimum atomic E-state index is -0.537. The highest BCUT2D eigenvalue weighted by molar-refractivity contribution is 5.88. The lowest BCUT2D eigenvalue weighted by Crippen LogP contribution is -2.48. The van der Waals surface area contributed by atoms with Crippen LogP contribution in [-0.2, 0) is 16.0 Å². The van der Waals surface area contributed by atoms with Gasteiger partial charge in [0.15, 0.2) is 5.78 Å². The Labute approximate surface area is 119 Å². The van der Waals surface area contributed by atoms with Crippen molar-refractivity contribution in [3.63, 3.8) is 0 Å². The molecule has 0 aliphatic carbocycles. The van der Waals surface area contributed by atoms with E-state index in [1.54, 1.807) is 19.1 Å². The van der Waals surface area contributed by atoms with Gasteiger partial charge in [-0.15, -0.1) is 0 Å². The maximum Gasteiger partial charge on any atom is 0.225 e. The summed E-state index contributed by atoms with van der Waals surface area (Å²) in [6, 6.07) is 4.18. The van der Waals surface area contributed by atoms with E-state index >= 15 is 0 Å². The summed E-state index contributed by atoms with van der Waals surface area (Å²) in [4.78, 5) is 23.6. The number of hydrogen-bond donors (Lipinski definition) is 1. The van der Waals surface area contributed by atoms with Crippen LogP contribution in [0.2, 0.25) is 0 Å². The van der Waals surface area contributed by atoms with E-state index in [1.807, 2.05) is 20.8 Å². The molecular weight excluding hydrogens is 257 g/mol. The van der Waals surface area contributed by atoms with Crippen LogP contribution >= 0.6 is 0 Å². The molecule has 1 amide bonds. The van der Waals surface area contributed by atoms with Gasteiger partial charge < -0.3 is 5.32 Å². The van der Waals surface area contributed by atoms with E-state index in [4.69, 9.17) is 0 Å². The van der Waals surface area contributed by atoms with Gasteiger partial charge in [-0.3, -0.25) is 9.59 Å². The molecular formula is C16H22FNO2. The van der Waals surface area contributed by atoms with E-state index in [0.29, 0.717) is 11.1 Å². The molecule has 20 heavy (non-hydrogen) atoms. The van der Waals surface area contributed by atoms with Crippen molar-refractivity contribution in [3.05, 3.63) is 35.1 Å². The van der Waals surface area contributed by atoms with Crippen molar-refractivity contribution >= 4 is 11.7 Å². The number of benzene rings is 1. The van der Waals surface area contributed by atoms with Gasteiger partial charge in [0, 0.05) is 0 Å². The van der Waals surface area contributed by atoms with Crippen LogP contribution < -0.4 is 5.32 Å². The number of rotatable bonds is 4. The normalized spacial score (nSPS) is 12.9. The average molecular weight is 279 g/mol. The van der Waals surface area contributed by atoms with Gasteiger partial charge in [0.25, 0.3) is 0 Å². The number of aryl methyl sites for hydroxylation is 1. The largest absolute Gasteiger partial charge is 0.345 e. The van der Waals surface area contributed by atoms with Gasteiger partial charge in [-0.25, -0.2) is 4.39 Å². The molecule has 0 aliphatic heterocycles. The molecule has 0 bridgehead atoms. The molecule has 0 aromatic heterocycles. The third-order valence-corrected chi connectivity index (χ3v) is 3.18. The summed E-state index contributed by atoms with van der Waals surface area (Å²) < 4.78 is 13.4. The van der Waals surface area contributed by atoms with Crippen LogP contribution in [0.15, 0.2) is 18.2 Å². The van der Waals surface area contributed by atoms with Crippen molar-refractivity contribution in [2.75, 3.05) is 0 Å². The number of ketones is 1. The molecule has 4 heteroatoms. The van der Waals surface area contributed by atoms with Crippen molar-refractivity contribution in [3.8, 4) is 0 Å². The third-order valence-electron chi connectivity index (χ3n) is 3.18. The molecule has 0 saturated carbocycles. The second-order valence-electron chi connectivity index (χ2n) is 6.24. The first-order chi connectivity index (χ1) is 9.11. The van der Waals surface area contributed by atoms with Crippen molar-refractivity contribution in [2.45, 2.75) is 47.1 Å². The van der Waals surface area contributed by atoms with Crippen molar-refractivity contribution in [1.29, 1.82) is 0 Å². The molecule has 0 fully saturated rings. The van der Waals surface area contributed by atoms with E-state index in [-0.39, 0.29) is 29.3 Å². The molecule has 0 radical (unpaired) electrons. The Balaban J connectivity index is 2.76. The summed E-state index contributed by atoms with van der Waals surface area (Å²) >= 11 is 0. The Kier molecular flexibility index (Phi) is 5.03. The monoisotopic (exact) mass is 279 g/mol. The fraction of sp³-hybridized carbons (Fsp3) is 0.500. The van der Waals surface area contributed by atoms with Gasteiger partial charge in [0.05, 0.1) is 12.5 Å². The summed E-state index contributed by atoms with van der Waals surface area (Å²) in [5.74, 6) is -0.682. The number of hydrogen-bond acceptors (Lipinski definition) is 2. The van der Waals surface area contributed by atoms with Gasteiger partial charge >= 0.3 is 0 Å². The molecule has 0 aliphatic rings. The van der Waals surface area contributed by atoms with E-state index in [2.05, 4.69) is 5.32 Å². The smallest absolute Gasteiger partial charge is 0.225 e. The molecule has 3 nitrogen and oxygen atoms in total. The van der Waals surface area contributed by atoms with Gasteiger partial charge in [-0.2, -0.15) is 0 Å². The van der Waals surface area contributed by atoms with Crippen molar-refractivity contribution in [1.82, 2.24) is 5.32 Å². The highest BCUT2D eigenvalue weighted by Crippen LogP contribution is 2.20. The van der Waals surface area contributed by atoms with Crippen LogP contribution in [0.5, 0.6) is 0 Å². The minimum absolute atomic E-state index is 0.0665. The fourth-order valence-electron chi connectivity index (χ4n) is 2.07. The van der Waals surface area contributed by atoms with Gasteiger partial charge in [-0.05, 0) is 36.5 Å². The summed E-state index contributed by atoms with van der Waals surface area (Å²) in [5, 5.41) is 2.73. The summed E-state index contributed by atoms with van der Waals surface area (Å²) in [7, 11) is 0. The third kappa shape index (κ3) is 4.44. The van der Waals surface area contributed by atoms with Crippen LogP contribution in [0.25, 0.3) is 0 Å². The first-order valence-electron chi connectivity index (χ1n) is 6.66. The van der Waals surface area contributed by atoms with E-state index in [0.717, 1.165) is 0 Å². The number of carbonyl (C=O) groups excluding carboxylic acids is 2. The molecule has 0 heterocycles. The van der Waals surface area contributed by atoms with Gasteiger partial charge in [-0.1, -0.05) is 32.9 Å². The Morgan fingerprint density at radius 1 is 1.30 bits per heavy atom. The number of halogens is 1. The van der Waals surface area contributed by atoms with Gasteiger partial charge in [0.2, 0.25) is 5.91 Å². The van der Waals surface area contributed by atoms with Crippen LogP contribution in [-0.4, -0.2) is 17.7 Å². The zero-order chi connectivity index (χ0) is 15.5. The highest BCUT2D eigenvalue weighted by Gasteiger charge is 2.29. The van der Waals surface area contributed by atoms with E-state index in [1.165, 1.54) is 13.0 Å². The lowest BCUT2D eigenvalue weighted by molar-refractivity contribution is -0.128. The molecule has 1 unspecified atom stereocenters. The Hall–Kier alpha value is -1.71. The predicted molar refractivity (Wildman–Crippen MR) is 76.9 cm³/mol. The zero-order valence-electron chi connectivity index (χ0n) is 12.7. The van der Waals surface area contributed by atoms with Crippen LogP contribution in [0.4, 0.5) is 4.39 Å². The maximum atomic E-state index is 13.4. The Morgan fingerprint density at radius 3 is 2.35 bits per heavy atom. The standard InChI is InChI=1S/C16H22FNO2/c1-10-6-7-12(8-13(10)17)9-14(20)18-15(11(2)19)16(3,4)5/h6-8,15H,9H2,1-5H3,(H,18,20). The molecule has 1 aromatic carbocycles. The van der Waals surface area contributed by atoms with Crippen molar-refractivity contribution < 1.29 is 14.0 Å². The molecule has 1 aromatic rings. The predicted octanol–water partition coefficient (Wildman–Crippen LogP) is 2.80. The topological polar surface area (TPSA) is 46.2 Å². The first-order valence-corrected chi connectivity index (χ1v) is 6.66. The molecule has 1 rings (SSSR count). The summed E-state index contributed by atoms with van der Waals surface area (Å²) in [6.07, 6.45) is 0.0665. The molecule has 0 spiro atoms. The van der Waals surface area contributed by atoms with E-state index in [9.17, 15) is 14.0 Å². The van der Waals surface area contributed by atoms with Crippen molar-refractivity contribution in [2.24, 2.45) is 5.41 Å². The molecule has 1 atom stereocenters. The average Bonchev–Trinajstić information content (AvgIpc) is 2.29. The van der Waals surface area contributed by atoms with E-state index < -0.39 is 6.04 Å². The number of nitrogens with one attached hydrogen (secondary N) is 1. The summed E-state index contributed by atoms with van der Waals surface area (Å²) in [6.45, 7) is 8.81. The zero-order valence-corrected chi connectivity index (χ0v) is 12.7. The Morgan fingerprint density at radius 2 is 1.90 bits per heavy atom. The molecule has 1 N–H and O–H groups in total. The number of Topliss-reactive ketones (excluding diaryl/α,β-unsaturated/α-hetero) is 1. The SMILES string of the molecule is CC(=O)C(NC(=O)Cc1ccc(C)c(F)c1)C(C)(C)C. The summed E-state index contributed by atoms with van der Waals surface area (Å²) in [5.41, 5.74) is 0.798.